The zero-order valence-electron chi connectivity index (χ0n) is 13.0. The van der Waals surface area contributed by atoms with Gasteiger partial charge in [0, 0.05) is 12.5 Å². The van der Waals surface area contributed by atoms with E-state index in [1.165, 1.54) is 11.1 Å². The molecule has 0 fully saturated rings. The first-order valence-corrected chi connectivity index (χ1v) is 7.53. The molecule has 1 aliphatic heterocycles. The molecule has 3 rings (SSSR count). The third-order valence-corrected chi connectivity index (χ3v) is 3.85. The normalized spacial score (nSPS) is 13.9. The van der Waals surface area contributed by atoms with Crippen LogP contribution in [0.2, 0.25) is 0 Å². The van der Waals surface area contributed by atoms with Crippen molar-refractivity contribution >= 4 is 0 Å². The molecule has 2 aromatic carbocycles. The van der Waals surface area contributed by atoms with Gasteiger partial charge in [-0.25, -0.2) is 0 Å². The summed E-state index contributed by atoms with van der Waals surface area (Å²) in [5.74, 6) is 2.20. The summed E-state index contributed by atoms with van der Waals surface area (Å²) >= 11 is 0. The predicted molar refractivity (Wildman–Crippen MR) is 85.7 cm³/mol. The summed E-state index contributed by atoms with van der Waals surface area (Å²) in [4.78, 5) is 0. The molecule has 4 heteroatoms. The van der Waals surface area contributed by atoms with E-state index in [1.807, 2.05) is 25.2 Å². The third-order valence-electron chi connectivity index (χ3n) is 3.85. The van der Waals surface area contributed by atoms with Gasteiger partial charge in [-0.05, 0) is 31.7 Å². The standard InChI is InChI=1S/C18H21NO3/c1-13-6-8-14(9-7-13)15(19-2)10-11-20-16-4-3-5-17-18(16)22-12-21-17/h3-9,15,19H,10-12H2,1-2H3. The highest BCUT2D eigenvalue weighted by atomic mass is 16.7. The molecule has 1 aliphatic rings. The first-order valence-electron chi connectivity index (χ1n) is 7.53. The molecular weight excluding hydrogens is 278 g/mol. The Morgan fingerprint density at radius 3 is 2.73 bits per heavy atom. The fourth-order valence-corrected chi connectivity index (χ4v) is 2.58. The second-order valence-corrected chi connectivity index (χ2v) is 5.38. The SMILES string of the molecule is CNC(CCOc1cccc2c1OCO2)c1ccc(C)cc1. The van der Waals surface area contributed by atoms with Crippen molar-refractivity contribution in [1.29, 1.82) is 0 Å². The Morgan fingerprint density at radius 1 is 1.14 bits per heavy atom. The molecule has 0 bridgehead atoms. The summed E-state index contributed by atoms with van der Waals surface area (Å²) in [6, 6.07) is 14.6. The molecule has 22 heavy (non-hydrogen) atoms. The number of ether oxygens (including phenoxy) is 3. The second-order valence-electron chi connectivity index (χ2n) is 5.38. The van der Waals surface area contributed by atoms with Crippen LogP contribution >= 0.6 is 0 Å². The van der Waals surface area contributed by atoms with Crippen LogP contribution in [0, 0.1) is 6.92 Å². The highest BCUT2D eigenvalue weighted by molar-refractivity contribution is 5.52. The van der Waals surface area contributed by atoms with Crippen LogP contribution in [0.3, 0.4) is 0 Å². The van der Waals surface area contributed by atoms with E-state index in [0.717, 1.165) is 17.9 Å². The molecule has 0 saturated carbocycles. The molecule has 0 saturated heterocycles. The molecule has 116 valence electrons. The van der Waals surface area contributed by atoms with Crippen LogP contribution in [0.15, 0.2) is 42.5 Å². The molecule has 2 aromatic rings. The first-order chi connectivity index (χ1) is 10.8. The Bertz CT molecular complexity index is 625. The maximum Gasteiger partial charge on any atom is 0.231 e. The number of hydrogen-bond donors (Lipinski definition) is 1. The Hall–Kier alpha value is -2.20. The van der Waals surface area contributed by atoms with Gasteiger partial charge in [-0.2, -0.15) is 0 Å². The zero-order valence-corrected chi connectivity index (χ0v) is 13.0. The molecule has 1 unspecified atom stereocenters. The Balaban J connectivity index is 1.60. The minimum atomic E-state index is 0.262. The van der Waals surface area contributed by atoms with Crippen LogP contribution in [0.1, 0.15) is 23.6 Å². The number of para-hydroxylation sites is 1. The van der Waals surface area contributed by atoms with Gasteiger partial charge in [-0.15, -0.1) is 0 Å². The highest BCUT2D eigenvalue weighted by Crippen LogP contribution is 2.40. The van der Waals surface area contributed by atoms with Gasteiger partial charge in [-0.1, -0.05) is 35.9 Å². The largest absolute Gasteiger partial charge is 0.489 e. The molecule has 1 heterocycles. The lowest BCUT2D eigenvalue weighted by atomic mass is 10.0. The van der Waals surface area contributed by atoms with Gasteiger partial charge in [0.15, 0.2) is 11.5 Å². The minimum Gasteiger partial charge on any atom is -0.489 e. The summed E-state index contributed by atoms with van der Waals surface area (Å²) < 4.78 is 16.7. The van der Waals surface area contributed by atoms with Crippen LogP contribution in [0.5, 0.6) is 17.2 Å². The Morgan fingerprint density at radius 2 is 1.95 bits per heavy atom. The van der Waals surface area contributed by atoms with E-state index < -0.39 is 0 Å². The van der Waals surface area contributed by atoms with Gasteiger partial charge in [-0.3, -0.25) is 0 Å². The van der Waals surface area contributed by atoms with Crippen LogP contribution in [-0.2, 0) is 0 Å². The smallest absolute Gasteiger partial charge is 0.231 e. The van der Waals surface area contributed by atoms with Crippen LogP contribution in [0.4, 0.5) is 0 Å². The van der Waals surface area contributed by atoms with Gasteiger partial charge in [0.2, 0.25) is 12.5 Å². The molecule has 0 amide bonds. The van der Waals surface area contributed by atoms with Crippen molar-refractivity contribution in [3.8, 4) is 17.2 Å². The summed E-state index contributed by atoms with van der Waals surface area (Å²) in [6.07, 6.45) is 0.879. The minimum absolute atomic E-state index is 0.262. The van der Waals surface area contributed by atoms with E-state index in [1.54, 1.807) is 0 Å². The average Bonchev–Trinajstić information content (AvgIpc) is 3.02. The molecular formula is C18H21NO3. The van der Waals surface area contributed by atoms with Gasteiger partial charge >= 0.3 is 0 Å². The van der Waals surface area contributed by atoms with Crippen molar-refractivity contribution in [2.24, 2.45) is 0 Å². The van der Waals surface area contributed by atoms with Gasteiger partial charge in [0.1, 0.15) is 0 Å². The molecule has 0 spiro atoms. The fraction of sp³-hybridized carbons (Fsp3) is 0.333. The van der Waals surface area contributed by atoms with Crippen molar-refractivity contribution < 1.29 is 14.2 Å². The number of hydrogen-bond acceptors (Lipinski definition) is 4. The molecule has 1 N–H and O–H groups in total. The summed E-state index contributed by atoms with van der Waals surface area (Å²) in [7, 11) is 1.97. The maximum atomic E-state index is 5.88. The lowest BCUT2D eigenvalue weighted by Gasteiger charge is -2.17. The number of aryl methyl sites for hydroxylation is 1. The molecule has 0 aromatic heterocycles. The second kappa shape index (κ2) is 6.71. The predicted octanol–water partition coefficient (Wildman–Crippen LogP) is 3.45. The van der Waals surface area contributed by atoms with Crippen LogP contribution in [0.25, 0.3) is 0 Å². The van der Waals surface area contributed by atoms with Crippen molar-refractivity contribution in [2.75, 3.05) is 20.4 Å². The monoisotopic (exact) mass is 299 g/mol. The summed E-state index contributed by atoms with van der Waals surface area (Å²) in [5, 5.41) is 3.34. The number of nitrogens with one attached hydrogen (secondary N) is 1. The summed E-state index contributed by atoms with van der Waals surface area (Å²) in [6.45, 7) is 2.97. The number of rotatable bonds is 6. The fourth-order valence-electron chi connectivity index (χ4n) is 2.58. The summed E-state index contributed by atoms with van der Waals surface area (Å²) in [5.41, 5.74) is 2.54. The topological polar surface area (TPSA) is 39.7 Å². The Labute approximate surface area is 131 Å². The quantitative estimate of drug-likeness (QED) is 0.887. The Kier molecular flexibility index (Phi) is 4.49. The lowest BCUT2D eigenvalue weighted by Crippen LogP contribution is -2.19. The van der Waals surface area contributed by atoms with Gasteiger partial charge < -0.3 is 19.5 Å². The molecule has 0 aliphatic carbocycles. The molecule has 1 atom stereocenters. The van der Waals surface area contributed by atoms with Crippen LogP contribution < -0.4 is 19.5 Å². The van der Waals surface area contributed by atoms with E-state index in [4.69, 9.17) is 14.2 Å². The van der Waals surface area contributed by atoms with Gasteiger partial charge in [0.05, 0.1) is 6.61 Å². The third kappa shape index (κ3) is 3.17. The van der Waals surface area contributed by atoms with E-state index in [-0.39, 0.29) is 12.8 Å². The van der Waals surface area contributed by atoms with Crippen molar-refractivity contribution in [2.45, 2.75) is 19.4 Å². The van der Waals surface area contributed by atoms with E-state index >= 15 is 0 Å². The van der Waals surface area contributed by atoms with E-state index in [0.29, 0.717) is 12.4 Å². The van der Waals surface area contributed by atoms with E-state index in [9.17, 15) is 0 Å². The van der Waals surface area contributed by atoms with E-state index in [2.05, 4.69) is 36.5 Å². The molecule has 4 nitrogen and oxygen atoms in total. The first kappa shape index (κ1) is 14.7. The number of benzene rings is 2. The van der Waals surface area contributed by atoms with Crippen molar-refractivity contribution in [1.82, 2.24) is 5.32 Å². The average molecular weight is 299 g/mol. The molecule has 0 radical (unpaired) electrons. The zero-order chi connectivity index (χ0) is 15.4. The number of fused-ring (bicyclic) bond motifs is 1. The van der Waals surface area contributed by atoms with Crippen molar-refractivity contribution in [3.63, 3.8) is 0 Å². The van der Waals surface area contributed by atoms with Crippen molar-refractivity contribution in [3.05, 3.63) is 53.6 Å². The van der Waals surface area contributed by atoms with Crippen LogP contribution in [-0.4, -0.2) is 20.4 Å². The maximum absolute atomic E-state index is 5.88. The lowest BCUT2D eigenvalue weighted by molar-refractivity contribution is 0.169. The van der Waals surface area contributed by atoms with Gasteiger partial charge in [0.25, 0.3) is 0 Å². The highest BCUT2D eigenvalue weighted by Gasteiger charge is 2.18.